The number of aryl methyl sites for hydroxylation is 2. The van der Waals surface area contributed by atoms with Gasteiger partial charge in [-0.25, -0.2) is 0 Å². The monoisotopic (exact) mass is 473 g/mol. The van der Waals surface area contributed by atoms with E-state index in [0.29, 0.717) is 0 Å². The standard InChI is InChI=1S/C36H27N/c1-3-11-32(12-4-1)37(33-13-5-2-6-14-33)35-22-20-31-25-27(24-30-19-21-34(35)36(30)31)16-15-26-17-18-28-9-7-8-10-29(28)23-26/h1-18,20,22-25H,19,21H2/b16-15+. The second-order valence-corrected chi connectivity index (χ2v) is 9.79. The number of benzene rings is 6. The highest BCUT2D eigenvalue weighted by molar-refractivity contribution is 5.99. The minimum Gasteiger partial charge on any atom is -0.310 e. The summed E-state index contributed by atoms with van der Waals surface area (Å²) < 4.78 is 0. The van der Waals surface area contributed by atoms with Crippen LogP contribution >= 0.6 is 0 Å². The summed E-state index contributed by atoms with van der Waals surface area (Å²) in [6.45, 7) is 0. The number of rotatable bonds is 5. The van der Waals surface area contributed by atoms with Gasteiger partial charge in [-0.15, -0.1) is 0 Å². The van der Waals surface area contributed by atoms with E-state index in [-0.39, 0.29) is 0 Å². The van der Waals surface area contributed by atoms with Crippen molar-refractivity contribution in [3.05, 3.63) is 150 Å². The molecule has 1 nitrogen and oxygen atoms in total. The van der Waals surface area contributed by atoms with Crippen molar-refractivity contribution in [1.82, 2.24) is 0 Å². The van der Waals surface area contributed by atoms with E-state index in [1.165, 1.54) is 60.9 Å². The Morgan fingerprint density at radius 2 is 1.11 bits per heavy atom. The Balaban J connectivity index is 1.29. The van der Waals surface area contributed by atoms with Crippen LogP contribution in [0.3, 0.4) is 0 Å². The van der Waals surface area contributed by atoms with Gasteiger partial charge in [0, 0.05) is 17.1 Å². The Bertz CT molecular complexity index is 1720. The third-order valence-corrected chi connectivity index (χ3v) is 7.46. The predicted molar refractivity (Wildman–Crippen MR) is 159 cm³/mol. The van der Waals surface area contributed by atoms with Crippen molar-refractivity contribution in [3.63, 3.8) is 0 Å². The maximum atomic E-state index is 2.40. The second kappa shape index (κ2) is 9.11. The molecule has 0 radical (unpaired) electrons. The van der Waals surface area contributed by atoms with Gasteiger partial charge in [-0.3, -0.25) is 0 Å². The number of nitrogens with zero attached hydrogens (tertiary/aromatic N) is 1. The van der Waals surface area contributed by atoms with Gasteiger partial charge in [-0.05, 0) is 99.1 Å². The lowest BCUT2D eigenvalue weighted by Crippen LogP contribution is -2.11. The number of hydrogen-bond donors (Lipinski definition) is 0. The van der Waals surface area contributed by atoms with Crippen LogP contribution < -0.4 is 4.90 Å². The molecule has 1 aliphatic carbocycles. The maximum absolute atomic E-state index is 2.40. The molecule has 1 aliphatic rings. The molecular formula is C36H27N. The van der Waals surface area contributed by atoms with E-state index in [1.807, 2.05) is 0 Å². The molecule has 0 saturated carbocycles. The Hall–Kier alpha value is -4.62. The molecule has 7 rings (SSSR count). The summed E-state index contributed by atoms with van der Waals surface area (Å²) in [4.78, 5) is 2.40. The van der Waals surface area contributed by atoms with Gasteiger partial charge in [0.2, 0.25) is 0 Å². The van der Waals surface area contributed by atoms with Crippen molar-refractivity contribution in [3.8, 4) is 0 Å². The minimum atomic E-state index is 1.07. The molecule has 1 heteroatoms. The zero-order chi connectivity index (χ0) is 24.6. The van der Waals surface area contributed by atoms with Crippen LogP contribution in [0.1, 0.15) is 22.3 Å². The molecule has 0 N–H and O–H groups in total. The van der Waals surface area contributed by atoms with Crippen LogP contribution in [0.2, 0.25) is 0 Å². The lowest BCUT2D eigenvalue weighted by Gasteiger charge is -2.27. The van der Waals surface area contributed by atoms with Crippen LogP contribution in [-0.2, 0) is 12.8 Å². The summed E-state index contributed by atoms with van der Waals surface area (Å²) in [6.07, 6.45) is 6.64. The minimum absolute atomic E-state index is 1.07. The van der Waals surface area contributed by atoms with Crippen molar-refractivity contribution >= 4 is 50.8 Å². The molecule has 0 unspecified atom stereocenters. The second-order valence-electron chi connectivity index (χ2n) is 9.79. The number of hydrogen-bond acceptors (Lipinski definition) is 1. The molecule has 0 spiro atoms. The molecule has 0 atom stereocenters. The molecule has 0 bridgehead atoms. The Kier molecular flexibility index (Phi) is 5.33. The van der Waals surface area contributed by atoms with E-state index in [0.717, 1.165) is 12.8 Å². The van der Waals surface area contributed by atoms with Crippen LogP contribution in [-0.4, -0.2) is 0 Å². The predicted octanol–water partition coefficient (Wildman–Crippen LogP) is 9.73. The van der Waals surface area contributed by atoms with Crippen LogP contribution in [0, 0.1) is 0 Å². The molecule has 6 aromatic rings. The smallest absolute Gasteiger partial charge is 0.0500 e. The van der Waals surface area contributed by atoms with E-state index in [9.17, 15) is 0 Å². The topological polar surface area (TPSA) is 3.24 Å². The van der Waals surface area contributed by atoms with Gasteiger partial charge in [0.25, 0.3) is 0 Å². The molecule has 6 aromatic carbocycles. The molecule has 176 valence electrons. The van der Waals surface area contributed by atoms with E-state index < -0.39 is 0 Å². The molecular weight excluding hydrogens is 446 g/mol. The number of para-hydroxylation sites is 2. The van der Waals surface area contributed by atoms with Gasteiger partial charge in [0.15, 0.2) is 0 Å². The summed E-state index contributed by atoms with van der Waals surface area (Å²) >= 11 is 0. The van der Waals surface area contributed by atoms with Crippen LogP contribution in [0.4, 0.5) is 17.1 Å². The van der Waals surface area contributed by atoms with Crippen molar-refractivity contribution in [1.29, 1.82) is 0 Å². The molecule has 37 heavy (non-hydrogen) atoms. The zero-order valence-electron chi connectivity index (χ0n) is 20.6. The fourth-order valence-corrected chi connectivity index (χ4v) is 5.75. The normalized spacial score (nSPS) is 12.5. The summed E-state index contributed by atoms with van der Waals surface area (Å²) in [7, 11) is 0. The highest BCUT2D eigenvalue weighted by Gasteiger charge is 2.23. The SMILES string of the molecule is C(=C\c1cc2c3c(c(N(c4ccccc4)c4ccccc4)ccc3c1)CC2)/c1ccc2ccccc2c1. The third kappa shape index (κ3) is 3.99. The first-order valence-corrected chi connectivity index (χ1v) is 13.0. The van der Waals surface area contributed by atoms with Crippen LogP contribution in [0.25, 0.3) is 33.7 Å². The van der Waals surface area contributed by atoms with Gasteiger partial charge in [-0.2, -0.15) is 0 Å². The maximum Gasteiger partial charge on any atom is 0.0500 e. The number of anilines is 3. The molecule has 0 amide bonds. The number of fused-ring (bicyclic) bond motifs is 1. The first kappa shape index (κ1) is 21.6. The summed E-state index contributed by atoms with van der Waals surface area (Å²) in [6, 6.07) is 45.9. The van der Waals surface area contributed by atoms with Gasteiger partial charge in [0.05, 0.1) is 0 Å². The van der Waals surface area contributed by atoms with Gasteiger partial charge >= 0.3 is 0 Å². The molecule has 0 heterocycles. The first-order chi connectivity index (χ1) is 18.3. The Labute approximate surface area is 217 Å². The first-order valence-electron chi connectivity index (χ1n) is 13.0. The van der Waals surface area contributed by atoms with E-state index in [4.69, 9.17) is 0 Å². The zero-order valence-corrected chi connectivity index (χ0v) is 20.6. The highest BCUT2D eigenvalue weighted by atomic mass is 15.1. The summed E-state index contributed by atoms with van der Waals surface area (Å²) in [5.41, 5.74) is 9.05. The highest BCUT2D eigenvalue weighted by Crippen LogP contribution is 2.43. The van der Waals surface area contributed by atoms with Gasteiger partial charge in [-0.1, -0.05) is 97.1 Å². The van der Waals surface area contributed by atoms with Crippen molar-refractivity contribution in [2.45, 2.75) is 12.8 Å². The van der Waals surface area contributed by atoms with E-state index in [2.05, 4.69) is 144 Å². The quantitative estimate of drug-likeness (QED) is 0.225. The largest absolute Gasteiger partial charge is 0.310 e. The van der Waals surface area contributed by atoms with Gasteiger partial charge < -0.3 is 4.90 Å². The average molecular weight is 474 g/mol. The lowest BCUT2D eigenvalue weighted by atomic mass is 9.99. The Morgan fingerprint density at radius 3 is 1.86 bits per heavy atom. The Morgan fingerprint density at radius 1 is 0.486 bits per heavy atom. The van der Waals surface area contributed by atoms with Crippen molar-refractivity contribution in [2.24, 2.45) is 0 Å². The summed E-state index contributed by atoms with van der Waals surface area (Å²) in [5, 5.41) is 5.31. The third-order valence-electron chi connectivity index (χ3n) is 7.46. The fourth-order valence-electron chi connectivity index (χ4n) is 5.75. The van der Waals surface area contributed by atoms with E-state index in [1.54, 1.807) is 0 Å². The molecule has 0 saturated heterocycles. The van der Waals surface area contributed by atoms with Gasteiger partial charge in [0.1, 0.15) is 0 Å². The van der Waals surface area contributed by atoms with Crippen molar-refractivity contribution in [2.75, 3.05) is 4.90 Å². The van der Waals surface area contributed by atoms with Crippen LogP contribution in [0.5, 0.6) is 0 Å². The molecule has 0 aliphatic heterocycles. The van der Waals surface area contributed by atoms with E-state index >= 15 is 0 Å². The average Bonchev–Trinajstić information content (AvgIpc) is 3.39. The van der Waals surface area contributed by atoms with Crippen molar-refractivity contribution < 1.29 is 0 Å². The lowest BCUT2D eigenvalue weighted by molar-refractivity contribution is 1.02. The van der Waals surface area contributed by atoms with Crippen LogP contribution in [0.15, 0.2) is 127 Å². The molecule has 0 fully saturated rings. The fraction of sp³-hybridized carbons (Fsp3) is 0.0556. The summed E-state index contributed by atoms with van der Waals surface area (Å²) in [5.74, 6) is 0. The molecule has 0 aromatic heterocycles.